The highest BCUT2D eigenvalue weighted by molar-refractivity contribution is 5.80. The smallest absolute Gasteiger partial charge is 0.407 e. The number of fused-ring (bicyclic) bond motifs is 1. The van der Waals surface area contributed by atoms with Gasteiger partial charge in [0.15, 0.2) is 0 Å². The van der Waals surface area contributed by atoms with Crippen LogP contribution in [0.15, 0.2) is 36.4 Å². The molecule has 1 saturated heterocycles. The number of pyridine rings is 1. The molecule has 1 aromatic heterocycles. The van der Waals surface area contributed by atoms with Crippen LogP contribution in [0.3, 0.4) is 0 Å². The molecule has 5 nitrogen and oxygen atoms in total. The molecule has 1 atom stereocenters. The van der Waals surface area contributed by atoms with E-state index in [0.29, 0.717) is 13.1 Å². The normalized spacial score (nSPS) is 18.7. The van der Waals surface area contributed by atoms with Gasteiger partial charge in [-0.2, -0.15) is 0 Å². The number of hydrogen-bond donors (Lipinski definition) is 2. The molecule has 1 aliphatic rings. The summed E-state index contributed by atoms with van der Waals surface area (Å²) >= 11 is 0. The van der Waals surface area contributed by atoms with Gasteiger partial charge in [0.2, 0.25) is 0 Å². The van der Waals surface area contributed by atoms with E-state index < -0.39 is 6.09 Å². The molecule has 1 aromatic carbocycles. The summed E-state index contributed by atoms with van der Waals surface area (Å²) in [6.07, 6.45) is 2.12. The Balaban J connectivity index is 1.69. The zero-order valence-corrected chi connectivity index (χ0v) is 11.8. The van der Waals surface area contributed by atoms with Crippen LogP contribution in [0, 0.1) is 0 Å². The van der Waals surface area contributed by atoms with Crippen LogP contribution in [0.4, 0.5) is 10.6 Å². The maximum atomic E-state index is 11.2. The van der Waals surface area contributed by atoms with E-state index in [9.17, 15) is 9.90 Å². The molecular weight excluding hydrogens is 266 g/mol. The van der Waals surface area contributed by atoms with Gasteiger partial charge in [0.25, 0.3) is 0 Å². The monoisotopic (exact) mass is 285 g/mol. The van der Waals surface area contributed by atoms with Crippen molar-refractivity contribution in [3.63, 3.8) is 0 Å². The summed E-state index contributed by atoms with van der Waals surface area (Å²) in [5.74, 6) is 0.796. The molecule has 0 aliphatic carbocycles. The Morgan fingerprint density at radius 2 is 2.14 bits per heavy atom. The number of carboxylic acid groups (broad SMARTS) is 1. The number of likely N-dealkylation sites (tertiary alicyclic amines) is 1. The molecule has 1 aliphatic heterocycles. The standard InChI is InChI=1S/C16H19N3O2/c20-16(21)19-10-4-3-6-13(19)11-17-15-9-8-12-5-1-2-7-14(12)18-15/h1-2,5,7-9,13H,3-4,6,10-11H2,(H,17,18)(H,20,21)/t13-/m0/s1. The molecule has 1 fully saturated rings. The van der Waals surface area contributed by atoms with Crippen LogP contribution in [0.2, 0.25) is 0 Å². The third kappa shape index (κ3) is 3.07. The lowest BCUT2D eigenvalue weighted by Crippen LogP contribution is -2.46. The van der Waals surface area contributed by atoms with Gasteiger partial charge in [-0.15, -0.1) is 0 Å². The van der Waals surface area contributed by atoms with Gasteiger partial charge in [0, 0.05) is 18.5 Å². The fourth-order valence-corrected chi connectivity index (χ4v) is 2.85. The second-order valence-electron chi connectivity index (χ2n) is 5.40. The van der Waals surface area contributed by atoms with Crippen molar-refractivity contribution in [3.05, 3.63) is 36.4 Å². The highest BCUT2D eigenvalue weighted by Gasteiger charge is 2.25. The molecule has 0 saturated carbocycles. The number of amides is 1. The lowest BCUT2D eigenvalue weighted by molar-refractivity contribution is 0.110. The average molecular weight is 285 g/mol. The summed E-state index contributed by atoms with van der Waals surface area (Å²) in [5.41, 5.74) is 0.946. The van der Waals surface area contributed by atoms with E-state index in [1.165, 1.54) is 4.90 Å². The summed E-state index contributed by atoms with van der Waals surface area (Å²) in [7, 11) is 0. The summed E-state index contributed by atoms with van der Waals surface area (Å²) in [6.45, 7) is 1.24. The summed E-state index contributed by atoms with van der Waals surface area (Å²) in [5, 5.41) is 13.6. The highest BCUT2D eigenvalue weighted by atomic mass is 16.4. The van der Waals surface area contributed by atoms with E-state index in [1.807, 2.05) is 36.4 Å². The van der Waals surface area contributed by atoms with Gasteiger partial charge in [-0.05, 0) is 37.5 Å². The Morgan fingerprint density at radius 1 is 1.29 bits per heavy atom. The summed E-state index contributed by atoms with van der Waals surface area (Å²) < 4.78 is 0. The van der Waals surface area contributed by atoms with Crippen LogP contribution < -0.4 is 5.32 Å². The molecule has 1 amide bonds. The maximum Gasteiger partial charge on any atom is 0.407 e. The van der Waals surface area contributed by atoms with Gasteiger partial charge < -0.3 is 15.3 Å². The number of hydrogen-bond acceptors (Lipinski definition) is 3. The molecular formula is C16H19N3O2. The first-order chi connectivity index (χ1) is 10.2. The van der Waals surface area contributed by atoms with Gasteiger partial charge in [-0.1, -0.05) is 18.2 Å². The van der Waals surface area contributed by atoms with Crippen LogP contribution >= 0.6 is 0 Å². The first kappa shape index (κ1) is 13.7. The first-order valence-corrected chi connectivity index (χ1v) is 7.33. The van der Waals surface area contributed by atoms with E-state index >= 15 is 0 Å². The van der Waals surface area contributed by atoms with Crippen molar-refractivity contribution in [2.45, 2.75) is 25.3 Å². The van der Waals surface area contributed by atoms with Crippen molar-refractivity contribution >= 4 is 22.8 Å². The number of para-hydroxylation sites is 1. The lowest BCUT2D eigenvalue weighted by Gasteiger charge is -2.33. The molecule has 21 heavy (non-hydrogen) atoms. The third-order valence-corrected chi connectivity index (χ3v) is 3.99. The van der Waals surface area contributed by atoms with Crippen LogP contribution in [0.25, 0.3) is 10.9 Å². The van der Waals surface area contributed by atoms with Crippen molar-refractivity contribution < 1.29 is 9.90 Å². The fourth-order valence-electron chi connectivity index (χ4n) is 2.85. The molecule has 0 spiro atoms. The largest absolute Gasteiger partial charge is 0.465 e. The number of benzene rings is 1. The summed E-state index contributed by atoms with van der Waals surface area (Å²) in [4.78, 5) is 17.3. The number of rotatable bonds is 3. The van der Waals surface area contributed by atoms with Crippen molar-refractivity contribution in [1.29, 1.82) is 0 Å². The highest BCUT2D eigenvalue weighted by Crippen LogP contribution is 2.19. The third-order valence-electron chi connectivity index (χ3n) is 3.99. The Labute approximate surface area is 123 Å². The van der Waals surface area contributed by atoms with E-state index in [0.717, 1.165) is 36.0 Å². The number of aromatic nitrogens is 1. The Kier molecular flexibility index (Phi) is 3.90. The maximum absolute atomic E-state index is 11.2. The Morgan fingerprint density at radius 3 is 3.00 bits per heavy atom. The fraction of sp³-hybridized carbons (Fsp3) is 0.375. The average Bonchev–Trinajstić information content (AvgIpc) is 2.53. The van der Waals surface area contributed by atoms with Crippen molar-refractivity contribution in [3.8, 4) is 0 Å². The minimum absolute atomic E-state index is 0.0320. The number of anilines is 1. The molecule has 0 unspecified atom stereocenters. The molecule has 0 bridgehead atoms. The van der Waals surface area contributed by atoms with E-state index in [2.05, 4.69) is 10.3 Å². The first-order valence-electron chi connectivity index (χ1n) is 7.33. The Hall–Kier alpha value is -2.30. The van der Waals surface area contributed by atoms with Gasteiger partial charge in [0.1, 0.15) is 5.82 Å². The van der Waals surface area contributed by atoms with Crippen molar-refractivity contribution in [1.82, 2.24) is 9.88 Å². The van der Waals surface area contributed by atoms with Gasteiger partial charge >= 0.3 is 6.09 Å². The minimum atomic E-state index is -0.826. The zero-order chi connectivity index (χ0) is 14.7. The van der Waals surface area contributed by atoms with E-state index in [4.69, 9.17) is 0 Å². The van der Waals surface area contributed by atoms with E-state index in [-0.39, 0.29) is 6.04 Å². The SMILES string of the molecule is O=C(O)N1CCCC[C@H]1CNc1ccc2ccccc2n1. The lowest BCUT2D eigenvalue weighted by atomic mass is 10.0. The predicted octanol–water partition coefficient (Wildman–Crippen LogP) is 3.18. The van der Waals surface area contributed by atoms with Crippen LogP contribution in [-0.2, 0) is 0 Å². The molecule has 2 aromatic rings. The quantitative estimate of drug-likeness (QED) is 0.909. The minimum Gasteiger partial charge on any atom is -0.465 e. The second kappa shape index (κ2) is 5.99. The number of piperidine rings is 1. The van der Waals surface area contributed by atoms with Gasteiger partial charge in [0.05, 0.1) is 11.6 Å². The number of nitrogens with zero attached hydrogens (tertiary/aromatic N) is 2. The Bertz CT molecular complexity index is 644. The number of nitrogens with one attached hydrogen (secondary N) is 1. The number of carbonyl (C=O) groups is 1. The van der Waals surface area contributed by atoms with Crippen molar-refractivity contribution in [2.75, 3.05) is 18.4 Å². The van der Waals surface area contributed by atoms with Crippen LogP contribution in [-0.4, -0.2) is 40.2 Å². The molecule has 2 N–H and O–H groups in total. The van der Waals surface area contributed by atoms with Crippen LogP contribution in [0.1, 0.15) is 19.3 Å². The molecule has 3 rings (SSSR count). The van der Waals surface area contributed by atoms with Crippen molar-refractivity contribution in [2.24, 2.45) is 0 Å². The van der Waals surface area contributed by atoms with Gasteiger partial charge in [-0.25, -0.2) is 9.78 Å². The molecule has 2 heterocycles. The topological polar surface area (TPSA) is 65.5 Å². The molecule has 5 heteroatoms. The van der Waals surface area contributed by atoms with E-state index in [1.54, 1.807) is 0 Å². The predicted molar refractivity (Wildman–Crippen MR) is 82.6 cm³/mol. The van der Waals surface area contributed by atoms with Crippen LogP contribution in [0.5, 0.6) is 0 Å². The summed E-state index contributed by atoms with van der Waals surface area (Å²) in [6, 6.07) is 12.0. The molecule has 110 valence electrons. The molecule has 0 radical (unpaired) electrons. The van der Waals surface area contributed by atoms with Gasteiger partial charge in [-0.3, -0.25) is 0 Å². The zero-order valence-electron chi connectivity index (χ0n) is 11.8. The second-order valence-corrected chi connectivity index (χ2v) is 5.40.